The summed E-state index contributed by atoms with van der Waals surface area (Å²) in [6.45, 7) is 1.98. The van der Waals surface area contributed by atoms with Crippen LogP contribution in [0.4, 0.5) is 0 Å². The molecule has 3 rings (SSSR count). The second-order valence-corrected chi connectivity index (χ2v) is 5.82. The lowest BCUT2D eigenvalue weighted by atomic mass is 9.99. The van der Waals surface area contributed by atoms with Crippen molar-refractivity contribution in [3.05, 3.63) is 60.3 Å². The average Bonchev–Trinajstić information content (AvgIpc) is 2.66. The monoisotopic (exact) mass is 349 g/mol. The molecule has 1 heterocycles. The number of carbonyl (C=O) groups is 2. The number of esters is 1. The van der Waals surface area contributed by atoms with Crippen molar-refractivity contribution in [3.8, 4) is 16.9 Å². The zero-order valence-corrected chi connectivity index (χ0v) is 14.4. The molecule has 0 atom stereocenters. The second kappa shape index (κ2) is 7.78. The fourth-order valence-corrected chi connectivity index (χ4v) is 2.83. The van der Waals surface area contributed by atoms with Gasteiger partial charge in [-0.25, -0.2) is 4.98 Å². The molecule has 3 aromatic rings. The van der Waals surface area contributed by atoms with Crippen LogP contribution in [0.2, 0.25) is 0 Å². The first-order chi connectivity index (χ1) is 12.6. The molecule has 5 heteroatoms. The summed E-state index contributed by atoms with van der Waals surface area (Å²) in [6, 6.07) is 16.9. The highest BCUT2D eigenvalue weighted by Gasteiger charge is 2.17. The zero-order chi connectivity index (χ0) is 18.5. The van der Waals surface area contributed by atoms with E-state index in [-0.39, 0.29) is 36.7 Å². The van der Waals surface area contributed by atoms with E-state index >= 15 is 0 Å². The maximum Gasteiger partial charge on any atom is 0.306 e. The molecule has 26 heavy (non-hydrogen) atoms. The van der Waals surface area contributed by atoms with E-state index in [0.717, 1.165) is 16.5 Å². The molecule has 0 aliphatic carbocycles. The highest BCUT2D eigenvalue weighted by atomic mass is 16.5. The molecule has 0 amide bonds. The van der Waals surface area contributed by atoms with Gasteiger partial charge in [-0.3, -0.25) is 9.59 Å². The van der Waals surface area contributed by atoms with Gasteiger partial charge in [0, 0.05) is 11.8 Å². The van der Waals surface area contributed by atoms with Gasteiger partial charge in [0.2, 0.25) is 0 Å². The first kappa shape index (κ1) is 17.6. The first-order valence-electron chi connectivity index (χ1n) is 8.47. The third-order valence-electron chi connectivity index (χ3n) is 4.05. The lowest BCUT2D eigenvalue weighted by Gasteiger charge is -2.09. The van der Waals surface area contributed by atoms with Crippen molar-refractivity contribution >= 4 is 22.7 Å². The Labute approximate surface area is 151 Å². The van der Waals surface area contributed by atoms with Crippen LogP contribution in [0.3, 0.4) is 0 Å². The van der Waals surface area contributed by atoms with Gasteiger partial charge in [0.1, 0.15) is 11.4 Å². The molecule has 132 valence electrons. The fourth-order valence-electron chi connectivity index (χ4n) is 2.83. The van der Waals surface area contributed by atoms with E-state index in [9.17, 15) is 14.7 Å². The maximum atomic E-state index is 12.3. The molecule has 0 saturated heterocycles. The van der Waals surface area contributed by atoms with Gasteiger partial charge in [-0.2, -0.15) is 0 Å². The summed E-state index contributed by atoms with van der Waals surface area (Å²) in [5.74, 6) is -1.01. The Morgan fingerprint density at radius 1 is 1.04 bits per heavy atom. The van der Waals surface area contributed by atoms with Crippen LogP contribution < -0.4 is 0 Å². The van der Waals surface area contributed by atoms with Gasteiger partial charge in [0.15, 0.2) is 5.78 Å². The van der Waals surface area contributed by atoms with Crippen molar-refractivity contribution in [2.75, 3.05) is 6.61 Å². The minimum atomic E-state index is -0.438. The van der Waals surface area contributed by atoms with Crippen molar-refractivity contribution in [2.24, 2.45) is 0 Å². The van der Waals surface area contributed by atoms with Crippen molar-refractivity contribution in [2.45, 2.75) is 19.8 Å². The number of ketones is 1. The largest absolute Gasteiger partial charge is 0.506 e. The summed E-state index contributed by atoms with van der Waals surface area (Å²) in [7, 11) is 0. The van der Waals surface area contributed by atoms with E-state index in [4.69, 9.17) is 4.74 Å². The van der Waals surface area contributed by atoms with Crippen LogP contribution in [0, 0.1) is 0 Å². The van der Waals surface area contributed by atoms with Gasteiger partial charge in [0.25, 0.3) is 0 Å². The van der Waals surface area contributed by atoms with Crippen LogP contribution in [-0.4, -0.2) is 28.4 Å². The summed E-state index contributed by atoms with van der Waals surface area (Å²) < 4.78 is 4.82. The minimum Gasteiger partial charge on any atom is -0.506 e. The van der Waals surface area contributed by atoms with E-state index in [1.165, 1.54) is 0 Å². The number of carbonyl (C=O) groups excluding carboxylic acids is 2. The summed E-state index contributed by atoms with van der Waals surface area (Å²) in [6.07, 6.45) is -0.0842. The third-order valence-corrected chi connectivity index (χ3v) is 4.05. The summed E-state index contributed by atoms with van der Waals surface area (Å²) >= 11 is 0. The quantitative estimate of drug-likeness (QED) is 0.535. The van der Waals surface area contributed by atoms with Crippen LogP contribution >= 0.6 is 0 Å². The lowest BCUT2D eigenvalue weighted by Crippen LogP contribution is -2.09. The number of benzene rings is 2. The van der Waals surface area contributed by atoms with Crippen LogP contribution in [0.25, 0.3) is 22.0 Å². The Balaban J connectivity index is 1.94. The molecule has 0 radical (unpaired) electrons. The Bertz CT molecular complexity index is 951. The molecular formula is C21H19NO4. The topological polar surface area (TPSA) is 76.5 Å². The van der Waals surface area contributed by atoms with E-state index in [2.05, 4.69) is 4.98 Å². The van der Waals surface area contributed by atoms with Gasteiger partial charge < -0.3 is 9.84 Å². The number of hydrogen-bond acceptors (Lipinski definition) is 5. The maximum absolute atomic E-state index is 12.3. The first-order valence-corrected chi connectivity index (χ1v) is 8.47. The van der Waals surface area contributed by atoms with Gasteiger partial charge in [0.05, 0.1) is 18.5 Å². The summed E-state index contributed by atoms with van der Waals surface area (Å²) in [5.41, 5.74) is 2.52. The van der Waals surface area contributed by atoms with Crippen LogP contribution in [-0.2, 0) is 9.53 Å². The number of fused-ring (bicyclic) bond motifs is 1. The lowest BCUT2D eigenvalue weighted by molar-refractivity contribution is -0.143. The molecule has 2 aromatic carbocycles. The van der Waals surface area contributed by atoms with Crippen molar-refractivity contribution in [1.82, 2.24) is 4.98 Å². The van der Waals surface area contributed by atoms with Gasteiger partial charge >= 0.3 is 5.97 Å². The third kappa shape index (κ3) is 3.72. The summed E-state index contributed by atoms with van der Waals surface area (Å²) in [4.78, 5) is 28.1. The normalized spacial score (nSPS) is 10.7. The van der Waals surface area contributed by atoms with Crippen LogP contribution in [0.5, 0.6) is 5.75 Å². The van der Waals surface area contributed by atoms with Crippen molar-refractivity contribution in [3.63, 3.8) is 0 Å². The SMILES string of the molecule is CCOC(=O)CCC(=O)c1nc2cccc(-c3ccccc3)c2cc1O. The Hall–Kier alpha value is -3.21. The number of pyridine rings is 1. The summed E-state index contributed by atoms with van der Waals surface area (Å²) in [5, 5.41) is 11.1. The molecule has 0 fully saturated rings. The Kier molecular flexibility index (Phi) is 5.27. The number of aromatic nitrogens is 1. The number of ether oxygens (including phenoxy) is 1. The molecule has 1 aromatic heterocycles. The van der Waals surface area contributed by atoms with Crippen molar-refractivity contribution in [1.29, 1.82) is 0 Å². The standard InChI is InChI=1S/C21H19NO4/c1-2-26-20(25)12-11-18(23)21-19(24)13-16-15(9-6-10-17(16)22-21)14-7-4-3-5-8-14/h3-10,13,24H,2,11-12H2,1H3. The van der Waals surface area contributed by atoms with E-state index in [1.54, 1.807) is 19.1 Å². The molecule has 0 aliphatic heterocycles. The predicted octanol–water partition coefficient (Wildman–Crippen LogP) is 4.13. The molecule has 0 saturated carbocycles. The highest BCUT2D eigenvalue weighted by molar-refractivity contribution is 6.03. The van der Waals surface area contributed by atoms with Crippen LogP contribution in [0.1, 0.15) is 30.3 Å². The number of nitrogens with zero attached hydrogens (tertiary/aromatic N) is 1. The Morgan fingerprint density at radius 2 is 1.81 bits per heavy atom. The number of Topliss-reactive ketones (excluding diaryl/α,β-unsaturated/α-hetero) is 1. The van der Waals surface area contributed by atoms with Crippen molar-refractivity contribution < 1.29 is 19.4 Å². The smallest absolute Gasteiger partial charge is 0.306 e. The fraction of sp³-hybridized carbons (Fsp3) is 0.190. The van der Waals surface area contributed by atoms with E-state index in [1.807, 2.05) is 42.5 Å². The average molecular weight is 349 g/mol. The molecule has 1 N–H and O–H groups in total. The molecule has 0 bridgehead atoms. The molecule has 0 aliphatic rings. The Morgan fingerprint density at radius 3 is 2.54 bits per heavy atom. The van der Waals surface area contributed by atoms with Gasteiger partial charge in [-0.05, 0) is 30.2 Å². The zero-order valence-electron chi connectivity index (χ0n) is 14.4. The van der Waals surface area contributed by atoms with Crippen LogP contribution in [0.15, 0.2) is 54.6 Å². The second-order valence-electron chi connectivity index (χ2n) is 5.82. The van der Waals surface area contributed by atoms with Gasteiger partial charge in [-0.1, -0.05) is 42.5 Å². The van der Waals surface area contributed by atoms with E-state index < -0.39 is 5.97 Å². The molecular weight excluding hydrogens is 330 g/mol. The molecule has 0 spiro atoms. The highest BCUT2D eigenvalue weighted by Crippen LogP contribution is 2.31. The van der Waals surface area contributed by atoms with E-state index in [0.29, 0.717) is 5.52 Å². The van der Waals surface area contributed by atoms with Gasteiger partial charge in [-0.15, -0.1) is 0 Å². The number of rotatable bonds is 6. The molecule has 5 nitrogen and oxygen atoms in total. The number of hydrogen-bond donors (Lipinski definition) is 1. The molecule has 0 unspecified atom stereocenters. The number of aromatic hydroxyl groups is 1. The minimum absolute atomic E-state index is 0.0213. The predicted molar refractivity (Wildman–Crippen MR) is 99.0 cm³/mol.